The van der Waals surface area contributed by atoms with Gasteiger partial charge in [0.1, 0.15) is 5.69 Å². The number of likely N-dealkylation sites (tertiary alicyclic amines) is 1. The van der Waals surface area contributed by atoms with E-state index in [2.05, 4.69) is 10.2 Å². The Bertz CT molecular complexity index is 1010. The summed E-state index contributed by atoms with van der Waals surface area (Å²) >= 11 is 0. The van der Waals surface area contributed by atoms with Crippen molar-refractivity contribution >= 4 is 17.3 Å². The van der Waals surface area contributed by atoms with Crippen LogP contribution in [0.1, 0.15) is 42.0 Å². The van der Waals surface area contributed by atoms with Crippen LogP contribution in [-0.4, -0.2) is 42.0 Å². The molecule has 8 heteroatoms. The Balaban J connectivity index is 1.48. The average molecular weight is 425 g/mol. The van der Waals surface area contributed by atoms with Crippen molar-refractivity contribution < 1.29 is 19.2 Å². The summed E-state index contributed by atoms with van der Waals surface area (Å²) in [5.41, 5.74) is 2.96. The van der Waals surface area contributed by atoms with Gasteiger partial charge in [0.15, 0.2) is 11.5 Å². The van der Waals surface area contributed by atoms with Crippen LogP contribution in [0.4, 0.5) is 11.4 Å². The third kappa shape index (κ3) is 4.64. The van der Waals surface area contributed by atoms with Crippen LogP contribution in [0.25, 0.3) is 0 Å². The number of hydrogen-bond acceptors (Lipinski definition) is 6. The van der Waals surface area contributed by atoms with Crippen LogP contribution in [-0.2, 0) is 4.79 Å². The molecule has 0 spiro atoms. The number of carbonyl (C=O) groups is 1. The first-order valence-corrected chi connectivity index (χ1v) is 10.6. The molecule has 4 rings (SSSR count). The van der Waals surface area contributed by atoms with E-state index < -0.39 is 4.92 Å². The highest BCUT2D eigenvalue weighted by atomic mass is 16.6. The van der Waals surface area contributed by atoms with Crippen molar-refractivity contribution in [3.05, 3.63) is 57.1 Å². The summed E-state index contributed by atoms with van der Waals surface area (Å²) in [6.07, 6.45) is 2.78. The standard InChI is InChI=1S/C23H27N3O5/c1-15-11-18(20(26(28)29)12-16(15)2)24-23(27)14-25-8-3-5-19(25)17-6-7-21-22(13-17)31-10-4-9-30-21/h6-7,11-13,19H,3-5,8-10,14H2,1-2H3,(H,24,27). The number of carbonyl (C=O) groups excluding carboxylic acids is 1. The van der Waals surface area contributed by atoms with E-state index in [9.17, 15) is 14.9 Å². The lowest BCUT2D eigenvalue weighted by molar-refractivity contribution is -0.384. The van der Waals surface area contributed by atoms with Crippen molar-refractivity contribution in [2.75, 3.05) is 31.6 Å². The summed E-state index contributed by atoms with van der Waals surface area (Å²) in [6.45, 7) is 5.92. The second kappa shape index (κ2) is 8.93. The molecule has 1 saturated heterocycles. The van der Waals surface area contributed by atoms with E-state index in [-0.39, 0.29) is 29.9 Å². The molecular weight excluding hydrogens is 398 g/mol. The van der Waals surface area contributed by atoms with E-state index in [4.69, 9.17) is 9.47 Å². The van der Waals surface area contributed by atoms with E-state index in [0.717, 1.165) is 54.0 Å². The van der Waals surface area contributed by atoms with Crippen LogP contribution in [0.15, 0.2) is 30.3 Å². The van der Waals surface area contributed by atoms with Crippen LogP contribution < -0.4 is 14.8 Å². The smallest absolute Gasteiger partial charge is 0.293 e. The Morgan fingerprint density at radius 1 is 1.13 bits per heavy atom. The van der Waals surface area contributed by atoms with Gasteiger partial charge in [-0.2, -0.15) is 0 Å². The minimum Gasteiger partial charge on any atom is -0.490 e. The third-order valence-electron chi connectivity index (χ3n) is 5.95. The average Bonchev–Trinajstić information content (AvgIpc) is 3.05. The maximum Gasteiger partial charge on any atom is 0.293 e. The van der Waals surface area contributed by atoms with Crippen LogP contribution in [0, 0.1) is 24.0 Å². The molecule has 2 aromatic carbocycles. The largest absolute Gasteiger partial charge is 0.490 e. The molecule has 2 aliphatic heterocycles. The first kappa shape index (κ1) is 21.1. The van der Waals surface area contributed by atoms with Gasteiger partial charge in [-0.05, 0) is 68.1 Å². The van der Waals surface area contributed by atoms with Crippen molar-refractivity contribution in [2.45, 2.75) is 39.2 Å². The Labute approximate surface area is 181 Å². The molecule has 8 nitrogen and oxygen atoms in total. The molecule has 2 aliphatic rings. The van der Waals surface area contributed by atoms with E-state index >= 15 is 0 Å². The number of fused-ring (bicyclic) bond motifs is 1. The number of anilines is 1. The van der Waals surface area contributed by atoms with Gasteiger partial charge in [0, 0.05) is 18.5 Å². The fraction of sp³-hybridized carbons (Fsp3) is 0.435. The molecule has 0 saturated carbocycles. The number of nitrogens with zero attached hydrogens (tertiary/aromatic N) is 2. The maximum atomic E-state index is 12.8. The lowest BCUT2D eigenvalue weighted by Crippen LogP contribution is -2.33. The van der Waals surface area contributed by atoms with E-state index in [1.165, 1.54) is 6.07 Å². The predicted molar refractivity (Wildman–Crippen MR) is 117 cm³/mol. The normalized spacial score (nSPS) is 18.5. The SMILES string of the molecule is Cc1cc(NC(=O)CN2CCCC2c2ccc3c(c2)OCCCO3)c([N+](=O)[O-])cc1C. The lowest BCUT2D eigenvalue weighted by atomic mass is 10.0. The molecule has 0 aromatic heterocycles. The zero-order valence-electron chi connectivity index (χ0n) is 17.8. The van der Waals surface area contributed by atoms with Crippen LogP contribution >= 0.6 is 0 Å². The van der Waals surface area contributed by atoms with Gasteiger partial charge >= 0.3 is 0 Å². The summed E-state index contributed by atoms with van der Waals surface area (Å²) in [4.78, 5) is 25.8. The van der Waals surface area contributed by atoms with Crippen molar-refractivity contribution in [3.8, 4) is 11.5 Å². The Morgan fingerprint density at radius 3 is 2.65 bits per heavy atom. The van der Waals surface area contributed by atoms with E-state index in [1.807, 2.05) is 32.0 Å². The number of nitro benzene ring substituents is 1. The van der Waals surface area contributed by atoms with Crippen molar-refractivity contribution in [1.29, 1.82) is 0 Å². The van der Waals surface area contributed by atoms with Gasteiger partial charge in [0.05, 0.1) is 24.7 Å². The second-order valence-electron chi connectivity index (χ2n) is 8.14. The lowest BCUT2D eigenvalue weighted by Gasteiger charge is -2.25. The fourth-order valence-corrected chi connectivity index (χ4v) is 4.21. The monoisotopic (exact) mass is 425 g/mol. The molecule has 1 N–H and O–H groups in total. The van der Waals surface area contributed by atoms with E-state index in [0.29, 0.717) is 13.2 Å². The first-order valence-electron chi connectivity index (χ1n) is 10.6. The number of rotatable bonds is 5. The molecule has 1 fully saturated rings. The van der Waals surface area contributed by atoms with Crippen molar-refractivity contribution in [3.63, 3.8) is 0 Å². The van der Waals surface area contributed by atoms with Gasteiger partial charge in [-0.1, -0.05) is 6.07 Å². The maximum absolute atomic E-state index is 12.8. The molecule has 0 radical (unpaired) electrons. The van der Waals surface area contributed by atoms with Crippen molar-refractivity contribution in [2.24, 2.45) is 0 Å². The molecule has 0 bridgehead atoms. The quantitative estimate of drug-likeness (QED) is 0.571. The van der Waals surface area contributed by atoms with Gasteiger partial charge in [-0.25, -0.2) is 0 Å². The summed E-state index contributed by atoms with van der Waals surface area (Å²) in [5.74, 6) is 1.25. The predicted octanol–water partition coefficient (Wildman–Crippen LogP) is 4.15. The number of ether oxygens (including phenoxy) is 2. The number of nitrogens with one attached hydrogen (secondary N) is 1. The number of aryl methyl sites for hydroxylation is 2. The Morgan fingerprint density at radius 2 is 1.87 bits per heavy atom. The van der Waals surface area contributed by atoms with Gasteiger partial charge < -0.3 is 14.8 Å². The molecular formula is C23H27N3O5. The minimum absolute atomic E-state index is 0.0858. The number of nitro groups is 1. The van der Waals surface area contributed by atoms with Crippen molar-refractivity contribution in [1.82, 2.24) is 4.90 Å². The molecule has 1 amide bonds. The number of amides is 1. The molecule has 2 aromatic rings. The molecule has 1 unspecified atom stereocenters. The Kier molecular flexibility index (Phi) is 6.08. The second-order valence-corrected chi connectivity index (χ2v) is 8.14. The summed E-state index contributed by atoms with van der Waals surface area (Å²) < 4.78 is 11.5. The van der Waals surface area contributed by atoms with Gasteiger partial charge in [-0.3, -0.25) is 19.8 Å². The molecule has 0 aliphatic carbocycles. The van der Waals surface area contributed by atoms with Crippen LogP contribution in [0.2, 0.25) is 0 Å². The first-order chi connectivity index (χ1) is 14.9. The van der Waals surface area contributed by atoms with Gasteiger partial charge in [0.25, 0.3) is 5.69 Å². The number of hydrogen-bond donors (Lipinski definition) is 1. The molecule has 164 valence electrons. The summed E-state index contributed by atoms with van der Waals surface area (Å²) in [7, 11) is 0. The summed E-state index contributed by atoms with van der Waals surface area (Å²) in [5, 5.41) is 14.2. The molecule has 1 atom stereocenters. The zero-order chi connectivity index (χ0) is 22.0. The number of benzene rings is 2. The molecule has 2 heterocycles. The fourth-order valence-electron chi connectivity index (χ4n) is 4.21. The van der Waals surface area contributed by atoms with Gasteiger partial charge in [0.2, 0.25) is 5.91 Å². The minimum atomic E-state index is -0.460. The summed E-state index contributed by atoms with van der Waals surface area (Å²) in [6, 6.07) is 9.24. The van der Waals surface area contributed by atoms with Crippen LogP contribution in [0.5, 0.6) is 11.5 Å². The topological polar surface area (TPSA) is 93.9 Å². The third-order valence-corrected chi connectivity index (χ3v) is 5.95. The van der Waals surface area contributed by atoms with E-state index in [1.54, 1.807) is 6.07 Å². The molecule has 31 heavy (non-hydrogen) atoms. The highest BCUT2D eigenvalue weighted by Gasteiger charge is 2.29. The van der Waals surface area contributed by atoms with Crippen LogP contribution in [0.3, 0.4) is 0 Å². The van der Waals surface area contributed by atoms with Gasteiger partial charge in [-0.15, -0.1) is 0 Å². The zero-order valence-corrected chi connectivity index (χ0v) is 17.8. The highest BCUT2D eigenvalue weighted by molar-refractivity contribution is 5.94. The Hall–Kier alpha value is -3.13. The highest BCUT2D eigenvalue weighted by Crippen LogP contribution is 2.38.